The van der Waals surface area contributed by atoms with Gasteiger partial charge in [-0.05, 0) is 32.4 Å². The van der Waals surface area contributed by atoms with E-state index in [1.165, 1.54) is 0 Å². The predicted octanol–water partition coefficient (Wildman–Crippen LogP) is 1.15. The highest BCUT2D eigenvalue weighted by Gasteiger charge is 2.33. The lowest BCUT2D eigenvalue weighted by molar-refractivity contribution is -0.123. The van der Waals surface area contributed by atoms with Gasteiger partial charge in [-0.1, -0.05) is 12.1 Å². The van der Waals surface area contributed by atoms with Crippen molar-refractivity contribution in [2.75, 3.05) is 0 Å². The Labute approximate surface area is 157 Å². The average molecular weight is 367 g/mol. The van der Waals surface area contributed by atoms with E-state index in [9.17, 15) is 4.79 Å². The van der Waals surface area contributed by atoms with Crippen LogP contribution in [0.2, 0.25) is 0 Å². The van der Waals surface area contributed by atoms with Crippen molar-refractivity contribution in [3.8, 4) is 0 Å². The first kappa shape index (κ1) is 17.7. The van der Waals surface area contributed by atoms with Crippen LogP contribution in [0.1, 0.15) is 35.2 Å². The summed E-state index contributed by atoms with van der Waals surface area (Å²) in [5, 5.41) is 7.47. The van der Waals surface area contributed by atoms with Crippen molar-refractivity contribution in [1.82, 2.24) is 35.5 Å². The average Bonchev–Trinajstić information content (AvgIpc) is 3.31. The molecule has 4 rings (SSSR count). The van der Waals surface area contributed by atoms with Crippen LogP contribution in [0.3, 0.4) is 0 Å². The number of fused-ring (bicyclic) bond motifs is 1. The highest BCUT2D eigenvalue weighted by atomic mass is 16.2. The number of rotatable bonds is 4. The normalized spacial score (nSPS) is 19.7. The molecular weight excluding hydrogens is 342 g/mol. The summed E-state index contributed by atoms with van der Waals surface area (Å²) in [6.45, 7) is 4.46. The van der Waals surface area contributed by atoms with Crippen molar-refractivity contribution in [2.24, 2.45) is 14.1 Å². The molecule has 1 fully saturated rings. The lowest BCUT2D eigenvalue weighted by Crippen LogP contribution is -2.43. The molecule has 3 aromatic rings. The summed E-state index contributed by atoms with van der Waals surface area (Å²) in [5.41, 5.74) is 11.6. The molecule has 1 aromatic carbocycles. The molecule has 8 nitrogen and oxygen atoms in total. The van der Waals surface area contributed by atoms with Crippen molar-refractivity contribution in [1.29, 1.82) is 0 Å². The van der Waals surface area contributed by atoms with Gasteiger partial charge in [-0.15, -0.1) is 0 Å². The number of hydrazine groups is 1. The van der Waals surface area contributed by atoms with Gasteiger partial charge in [0.1, 0.15) is 11.9 Å². The lowest BCUT2D eigenvalue weighted by atomic mass is 10.00. The van der Waals surface area contributed by atoms with Crippen LogP contribution >= 0.6 is 0 Å². The largest absolute Gasteiger partial charge is 0.347 e. The molecule has 8 heteroatoms. The van der Waals surface area contributed by atoms with Gasteiger partial charge in [0.05, 0.1) is 29.3 Å². The van der Waals surface area contributed by atoms with Gasteiger partial charge in [-0.3, -0.25) is 9.48 Å². The number of aryl methyl sites for hydroxylation is 3. The summed E-state index contributed by atoms with van der Waals surface area (Å²) < 4.78 is 3.90. The Bertz CT molecular complexity index is 1000. The number of carbonyl (C=O) groups excluding carboxylic acids is 1. The fourth-order valence-corrected chi connectivity index (χ4v) is 3.85. The topological polar surface area (TPSA) is 88.8 Å². The molecule has 142 valence electrons. The van der Waals surface area contributed by atoms with Crippen molar-refractivity contribution in [3.63, 3.8) is 0 Å². The minimum absolute atomic E-state index is 0.0312. The van der Waals surface area contributed by atoms with Crippen LogP contribution < -0.4 is 16.2 Å². The second-order valence-electron chi connectivity index (χ2n) is 7.13. The van der Waals surface area contributed by atoms with E-state index in [0.29, 0.717) is 13.0 Å². The van der Waals surface area contributed by atoms with Crippen LogP contribution in [0, 0.1) is 13.8 Å². The summed E-state index contributed by atoms with van der Waals surface area (Å²) in [6, 6.07) is 7.75. The van der Waals surface area contributed by atoms with Crippen LogP contribution in [-0.4, -0.2) is 31.3 Å². The van der Waals surface area contributed by atoms with Crippen LogP contribution in [-0.2, 0) is 25.4 Å². The minimum Gasteiger partial charge on any atom is -0.347 e. The molecule has 1 amide bonds. The summed E-state index contributed by atoms with van der Waals surface area (Å²) in [5.74, 6) is 0.808. The third kappa shape index (κ3) is 3.11. The molecule has 2 atom stereocenters. The maximum absolute atomic E-state index is 12.6. The Morgan fingerprint density at radius 1 is 1.26 bits per heavy atom. The molecule has 27 heavy (non-hydrogen) atoms. The molecule has 1 aliphatic rings. The summed E-state index contributed by atoms with van der Waals surface area (Å²) >= 11 is 0. The van der Waals surface area contributed by atoms with Crippen LogP contribution in [0.5, 0.6) is 0 Å². The number of carbonyl (C=O) groups is 1. The zero-order chi connectivity index (χ0) is 19.1. The van der Waals surface area contributed by atoms with E-state index in [0.717, 1.165) is 33.8 Å². The fraction of sp³-hybridized carbons (Fsp3) is 0.421. The minimum atomic E-state index is -0.288. The zero-order valence-corrected chi connectivity index (χ0v) is 16.1. The fourth-order valence-electron chi connectivity index (χ4n) is 3.85. The second kappa shape index (κ2) is 6.79. The van der Waals surface area contributed by atoms with E-state index < -0.39 is 0 Å². The van der Waals surface area contributed by atoms with E-state index in [2.05, 4.69) is 33.2 Å². The van der Waals surface area contributed by atoms with Crippen molar-refractivity contribution >= 4 is 16.9 Å². The molecule has 1 aliphatic heterocycles. The van der Waals surface area contributed by atoms with Gasteiger partial charge in [0.15, 0.2) is 0 Å². The molecule has 0 saturated carbocycles. The summed E-state index contributed by atoms with van der Waals surface area (Å²) in [7, 11) is 3.91. The molecule has 3 N–H and O–H groups in total. The molecule has 0 aliphatic carbocycles. The monoisotopic (exact) mass is 367 g/mol. The van der Waals surface area contributed by atoms with Crippen molar-refractivity contribution in [2.45, 2.75) is 38.9 Å². The van der Waals surface area contributed by atoms with E-state index in [1.54, 1.807) is 0 Å². The quantitative estimate of drug-likeness (QED) is 0.644. The third-order valence-corrected chi connectivity index (χ3v) is 5.43. The Kier molecular flexibility index (Phi) is 4.45. The summed E-state index contributed by atoms with van der Waals surface area (Å²) in [6.07, 6.45) is 0.682. The molecule has 1 saturated heterocycles. The maximum atomic E-state index is 12.6. The number of benzene rings is 1. The standard InChI is InChI=1S/C19H25N7O/c1-11-18(12(2)26(4)24-11)14-9-15(23-22-14)19(27)20-10-17-21-13-7-5-6-8-16(13)25(17)3/h5-8,14-15,22-23H,9-10H2,1-4H3,(H,20,27). The number of para-hydroxylation sites is 2. The lowest BCUT2D eigenvalue weighted by Gasteiger charge is -2.11. The number of hydrogen-bond donors (Lipinski definition) is 3. The van der Waals surface area contributed by atoms with Crippen LogP contribution in [0.25, 0.3) is 11.0 Å². The van der Waals surface area contributed by atoms with E-state index in [4.69, 9.17) is 0 Å². The third-order valence-electron chi connectivity index (χ3n) is 5.43. The van der Waals surface area contributed by atoms with Crippen LogP contribution in [0.4, 0.5) is 0 Å². The second-order valence-corrected chi connectivity index (χ2v) is 7.13. The van der Waals surface area contributed by atoms with Gasteiger partial charge >= 0.3 is 0 Å². The molecule has 2 unspecified atom stereocenters. The highest BCUT2D eigenvalue weighted by molar-refractivity contribution is 5.82. The van der Waals surface area contributed by atoms with E-state index in [1.807, 2.05) is 54.5 Å². The number of aromatic nitrogens is 4. The van der Waals surface area contributed by atoms with Crippen LogP contribution in [0.15, 0.2) is 24.3 Å². The SMILES string of the molecule is Cc1nn(C)c(C)c1C1CC(C(=O)NCc2nc3ccccc3n2C)NN1. The molecule has 2 aromatic heterocycles. The molecule has 0 spiro atoms. The first-order chi connectivity index (χ1) is 13.0. The van der Waals surface area contributed by atoms with Gasteiger partial charge in [0.2, 0.25) is 5.91 Å². The van der Waals surface area contributed by atoms with E-state index >= 15 is 0 Å². The maximum Gasteiger partial charge on any atom is 0.238 e. The Morgan fingerprint density at radius 3 is 2.74 bits per heavy atom. The van der Waals surface area contributed by atoms with Gasteiger partial charge in [-0.2, -0.15) is 5.10 Å². The molecule has 0 radical (unpaired) electrons. The molecular formula is C19H25N7O. The van der Waals surface area contributed by atoms with Gasteiger partial charge < -0.3 is 9.88 Å². The number of imidazole rings is 1. The first-order valence-electron chi connectivity index (χ1n) is 9.15. The van der Waals surface area contributed by atoms with Gasteiger partial charge in [-0.25, -0.2) is 15.8 Å². The molecule has 3 heterocycles. The smallest absolute Gasteiger partial charge is 0.238 e. The Morgan fingerprint density at radius 2 is 2.04 bits per heavy atom. The Balaban J connectivity index is 1.41. The predicted molar refractivity (Wildman–Crippen MR) is 103 cm³/mol. The number of nitrogens with zero attached hydrogens (tertiary/aromatic N) is 4. The van der Waals surface area contributed by atoms with Gasteiger partial charge in [0.25, 0.3) is 0 Å². The Hall–Kier alpha value is -2.71. The summed E-state index contributed by atoms with van der Waals surface area (Å²) in [4.78, 5) is 17.2. The van der Waals surface area contributed by atoms with Crippen molar-refractivity contribution < 1.29 is 4.79 Å². The van der Waals surface area contributed by atoms with E-state index in [-0.39, 0.29) is 18.0 Å². The highest BCUT2D eigenvalue weighted by Crippen LogP contribution is 2.27. The van der Waals surface area contributed by atoms with Gasteiger partial charge in [0, 0.05) is 25.4 Å². The van der Waals surface area contributed by atoms with Crippen molar-refractivity contribution in [3.05, 3.63) is 47.0 Å². The number of hydrogen-bond acceptors (Lipinski definition) is 5. The first-order valence-corrected chi connectivity index (χ1v) is 9.15. The number of amides is 1. The molecule has 0 bridgehead atoms. The number of nitrogens with one attached hydrogen (secondary N) is 3. The zero-order valence-electron chi connectivity index (χ0n) is 16.1.